The molecule has 1 atom stereocenters. The van der Waals surface area contributed by atoms with Crippen molar-refractivity contribution in [2.45, 2.75) is 12.6 Å². The number of halogens is 2. The van der Waals surface area contributed by atoms with Crippen molar-refractivity contribution in [2.75, 3.05) is 13.2 Å². The maximum atomic E-state index is 9.09. The van der Waals surface area contributed by atoms with Crippen molar-refractivity contribution >= 4 is 27.5 Å². The number of aliphatic hydroxyl groups excluding tert-OH is 2. The van der Waals surface area contributed by atoms with Crippen molar-refractivity contribution in [3.8, 4) is 0 Å². The highest BCUT2D eigenvalue weighted by molar-refractivity contribution is 9.10. The lowest BCUT2D eigenvalue weighted by molar-refractivity contribution is 0.0942. The predicted molar refractivity (Wildman–Crippen MR) is 64.0 cm³/mol. The van der Waals surface area contributed by atoms with Crippen molar-refractivity contribution < 1.29 is 10.2 Å². The van der Waals surface area contributed by atoms with Gasteiger partial charge in [-0.05, 0) is 33.6 Å². The first-order valence-electron chi connectivity index (χ1n) is 4.57. The topological polar surface area (TPSA) is 52.5 Å². The molecule has 0 aliphatic heterocycles. The van der Waals surface area contributed by atoms with Crippen molar-refractivity contribution in [3.05, 3.63) is 33.3 Å². The molecule has 3 nitrogen and oxygen atoms in total. The first kappa shape index (κ1) is 12.9. The van der Waals surface area contributed by atoms with Crippen molar-refractivity contribution in [1.82, 2.24) is 5.32 Å². The van der Waals surface area contributed by atoms with Gasteiger partial charge in [0.15, 0.2) is 0 Å². The summed E-state index contributed by atoms with van der Waals surface area (Å²) in [6.45, 7) is 0.752. The summed E-state index contributed by atoms with van der Waals surface area (Å²) >= 11 is 9.23. The SMILES string of the molecule is OC[C@H](O)CNCc1ccc(Br)c(Cl)c1. The zero-order valence-electron chi connectivity index (χ0n) is 8.08. The lowest BCUT2D eigenvalue weighted by Crippen LogP contribution is -2.28. The van der Waals surface area contributed by atoms with Gasteiger partial charge in [-0.2, -0.15) is 0 Å². The second-order valence-electron chi connectivity index (χ2n) is 3.22. The van der Waals surface area contributed by atoms with E-state index in [9.17, 15) is 0 Å². The third-order valence-corrected chi connectivity index (χ3v) is 3.14. The molecule has 84 valence electrons. The first-order chi connectivity index (χ1) is 7.13. The monoisotopic (exact) mass is 293 g/mol. The molecule has 1 aromatic carbocycles. The zero-order chi connectivity index (χ0) is 11.3. The fourth-order valence-corrected chi connectivity index (χ4v) is 1.55. The molecule has 0 bridgehead atoms. The molecule has 0 aliphatic carbocycles. The molecule has 0 heterocycles. The molecular weight excluding hydrogens is 281 g/mol. The molecule has 1 aromatic rings. The van der Waals surface area contributed by atoms with Crippen LogP contribution in [0.15, 0.2) is 22.7 Å². The highest BCUT2D eigenvalue weighted by atomic mass is 79.9. The Kier molecular flexibility index (Phi) is 5.56. The summed E-state index contributed by atoms with van der Waals surface area (Å²) < 4.78 is 0.864. The Labute approximate surface area is 102 Å². The van der Waals surface area contributed by atoms with Crippen LogP contribution in [0.4, 0.5) is 0 Å². The number of hydrogen-bond acceptors (Lipinski definition) is 3. The van der Waals surface area contributed by atoms with E-state index in [1.165, 1.54) is 0 Å². The Morgan fingerprint density at radius 2 is 2.20 bits per heavy atom. The van der Waals surface area contributed by atoms with E-state index in [2.05, 4.69) is 21.2 Å². The Bertz CT molecular complexity index is 322. The maximum Gasteiger partial charge on any atom is 0.0895 e. The molecule has 1 rings (SSSR count). The standard InChI is InChI=1S/C10H13BrClNO2/c11-9-2-1-7(3-10(9)12)4-13-5-8(15)6-14/h1-3,8,13-15H,4-6H2/t8-/m1/s1. The van der Waals surface area contributed by atoms with Gasteiger partial charge in [-0.1, -0.05) is 17.7 Å². The average molecular weight is 295 g/mol. The van der Waals surface area contributed by atoms with E-state index >= 15 is 0 Å². The summed E-state index contributed by atoms with van der Waals surface area (Å²) in [5.74, 6) is 0. The molecule has 0 saturated heterocycles. The maximum absolute atomic E-state index is 9.09. The van der Waals surface area contributed by atoms with Gasteiger partial charge in [-0.15, -0.1) is 0 Å². The third-order valence-electron chi connectivity index (χ3n) is 1.90. The Morgan fingerprint density at radius 3 is 2.80 bits per heavy atom. The Balaban J connectivity index is 2.41. The Hall–Kier alpha value is -0.130. The summed E-state index contributed by atoms with van der Waals surface area (Å²) in [5.41, 5.74) is 1.04. The summed E-state index contributed by atoms with van der Waals surface area (Å²) in [5, 5.41) is 21.4. The van der Waals surface area contributed by atoms with E-state index < -0.39 is 6.10 Å². The highest BCUT2D eigenvalue weighted by Gasteiger charge is 2.02. The highest BCUT2D eigenvalue weighted by Crippen LogP contribution is 2.22. The molecule has 0 aliphatic rings. The molecule has 15 heavy (non-hydrogen) atoms. The van der Waals surface area contributed by atoms with Crippen molar-refractivity contribution in [3.63, 3.8) is 0 Å². The van der Waals surface area contributed by atoms with Gasteiger partial charge < -0.3 is 15.5 Å². The minimum Gasteiger partial charge on any atom is -0.394 e. The van der Waals surface area contributed by atoms with Crippen LogP contribution in [0.25, 0.3) is 0 Å². The average Bonchev–Trinajstić information content (AvgIpc) is 2.23. The van der Waals surface area contributed by atoms with Crippen LogP contribution in [0.5, 0.6) is 0 Å². The van der Waals surface area contributed by atoms with E-state index in [0.29, 0.717) is 18.1 Å². The van der Waals surface area contributed by atoms with Gasteiger partial charge in [0.1, 0.15) is 0 Å². The molecule has 0 unspecified atom stereocenters. The Morgan fingerprint density at radius 1 is 1.47 bits per heavy atom. The smallest absolute Gasteiger partial charge is 0.0895 e. The quantitative estimate of drug-likeness (QED) is 0.772. The lowest BCUT2D eigenvalue weighted by atomic mass is 10.2. The van der Waals surface area contributed by atoms with E-state index in [0.717, 1.165) is 10.0 Å². The molecule has 0 spiro atoms. The van der Waals surface area contributed by atoms with Crippen LogP contribution >= 0.6 is 27.5 Å². The molecule has 0 radical (unpaired) electrons. The molecule has 0 saturated carbocycles. The molecule has 0 fully saturated rings. The van der Waals surface area contributed by atoms with Crippen LogP contribution in [0.2, 0.25) is 5.02 Å². The van der Waals surface area contributed by atoms with Crippen LogP contribution in [0, 0.1) is 0 Å². The van der Waals surface area contributed by atoms with Gasteiger partial charge in [0.2, 0.25) is 0 Å². The molecule has 3 N–H and O–H groups in total. The van der Waals surface area contributed by atoms with Crippen LogP contribution < -0.4 is 5.32 Å². The molecular formula is C10H13BrClNO2. The predicted octanol–water partition coefficient (Wildman–Crippen LogP) is 1.55. The van der Waals surface area contributed by atoms with Gasteiger partial charge in [-0.25, -0.2) is 0 Å². The van der Waals surface area contributed by atoms with Gasteiger partial charge in [0.05, 0.1) is 17.7 Å². The second-order valence-corrected chi connectivity index (χ2v) is 4.48. The minimum atomic E-state index is -0.712. The second kappa shape index (κ2) is 6.45. The van der Waals surface area contributed by atoms with Gasteiger partial charge in [0.25, 0.3) is 0 Å². The fourth-order valence-electron chi connectivity index (χ4n) is 1.10. The van der Waals surface area contributed by atoms with Gasteiger partial charge in [0, 0.05) is 17.6 Å². The van der Waals surface area contributed by atoms with Gasteiger partial charge in [-0.3, -0.25) is 0 Å². The fraction of sp³-hybridized carbons (Fsp3) is 0.400. The number of aliphatic hydroxyl groups is 2. The first-order valence-corrected chi connectivity index (χ1v) is 5.74. The third kappa shape index (κ3) is 4.49. The number of nitrogens with one attached hydrogen (secondary N) is 1. The molecule has 0 amide bonds. The number of hydrogen-bond donors (Lipinski definition) is 3. The lowest BCUT2D eigenvalue weighted by Gasteiger charge is -2.09. The van der Waals surface area contributed by atoms with Crippen LogP contribution in [-0.4, -0.2) is 29.5 Å². The van der Waals surface area contributed by atoms with Gasteiger partial charge >= 0.3 is 0 Å². The summed E-state index contributed by atoms with van der Waals surface area (Å²) in [4.78, 5) is 0. The van der Waals surface area contributed by atoms with E-state index in [1.54, 1.807) is 0 Å². The van der Waals surface area contributed by atoms with E-state index in [1.807, 2.05) is 18.2 Å². The van der Waals surface area contributed by atoms with E-state index in [4.69, 9.17) is 21.8 Å². The van der Waals surface area contributed by atoms with Crippen molar-refractivity contribution in [2.24, 2.45) is 0 Å². The summed E-state index contributed by atoms with van der Waals surface area (Å²) in [6, 6.07) is 5.67. The normalized spacial score (nSPS) is 12.8. The van der Waals surface area contributed by atoms with Crippen molar-refractivity contribution in [1.29, 1.82) is 0 Å². The number of rotatable bonds is 5. The van der Waals surface area contributed by atoms with Crippen LogP contribution in [0.1, 0.15) is 5.56 Å². The zero-order valence-corrected chi connectivity index (χ0v) is 10.4. The largest absolute Gasteiger partial charge is 0.394 e. The summed E-state index contributed by atoms with van der Waals surface area (Å²) in [7, 11) is 0. The van der Waals surface area contributed by atoms with Crippen LogP contribution in [-0.2, 0) is 6.54 Å². The number of benzene rings is 1. The summed E-state index contributed by atoms with van der Waals surface area (Å²) in [6.07, 6.45) is -0.712. The molecule has 0 aromatic heterocycles. The minimum absolute atomic E-state index is 0.228. The van der Waals surface area contributed by atoms with Crippen LogP contribution in [0.3, 0.4) is 0 Å². The van der Waals surface area contributed by atoms with E-state index in [-0.39, 0.29) is 6.61 Å². The molecule has 5 heteroatoms.